The topological polar surface area (TPSA) is 130 Å². The Labute approximate surface area is 200 Å². The number of carbonyl (C=O) groups excluding carboxylic acids is 1. The molecule has 0 radical (unpaired) electrons. The molecule has 2 aliphatic heterocycles. The van der Waals surface area contributed by atoms with Crippen LogP contribution in [0.3, 0.4) is 0 Å². The number of nitrogens with one attached hydrogen (secondary N) is 2. The van der Waals surface area contributed by atoms with Gasteiger partial charge in [-0.15, -0.1) is 0 Å². The van der Waals surface area contributed by atoms with E-state index in [1.54, 1.807) is 6.20 Å². The van der Waals surface area contributed by atoms with Gasteiger partial charge < -0.3 is 20.3 Å². The van der Waals surface area contributed by atoms with Gasteiger partial charge in [0.1, 0.15) is 15.7 Å². The lowest BCUT2D eigenvalue weighted by Crippen LogP contribution is -2.45. The van der Waals surface area contributed by atoms with Crippen molar-refractivity contribution in [3.8, 4) is 5.69 Å². The average molecular weight is 517 g/mol. The predicted molar refractivity (Wildman–Crippen MR) is 121 cm³/mol. The van der Waals surface area contributed by atoms with E-state index >= 15 is 0 Å². The van der Waals surface area contributed by atoms with Crippen LogP contribution in [-0.4, -0.2) is 65.7 Å². The van der Waals surface area contributed by atoms with E-state index in [0.717, 1.165) is 23.6 Å². The highest BCUT2D eigenvalue weighted by Gasteiger charge is 2.49. The second kappa shape index (κ2) is 10.4. The molecule has 1 amide bonds. The first kappa shape index (κ1) is 26.7. The lowest BCUT2D eigenvalue weighted by atomic mass is 9.73. The molecule has 13 heteroatoms. The maximum Gasteiger partial charge on any atom is 0.490 e. The van der Waals surface area contributed by atoms with Crippen molar-refractivity contribution in [3.63, 3.8) is 0 Å². The fourth-order valence-electron chi connectivity index (χ4n) is 4.38. The summed E-state index contributed by atoms with van der Waals surface area (Å²) in [5.74, 6) is -1.61. The quantitative estimate of drug-likeness (QED) is 0.565. The molecule has 2 fully saturated rings. The molecule has 1 aromatic carbocycles. The number of aliphatic carboxylic acids is 1. The first-order valence-electron chi connectivity index (χ1n) is 10.9. The Morgan fingerprint density at radius 3 is 2.34 bits per heavy atom. The van der Waals surface area contributed by atoms with Crippen molar-refractivity contribution in [1.82, 2.24) is 20.2 Å². The third-order valence-electron chi connectivity index (χ3n) is 6.45. The second-order valence-corrected chi connectivity index (χ2v) is 11.0. The summed E-state index contributed by atoms with van der Waals surface area (Å²) in [5, 5.41) is 13.5. The number of rotatable bonds is 4. The molecule has 4 rings (SSSR count). The minimum absolute atomic E-state index is 0.0128. The predicted octanol–water partition coefficient (Wildman–Crippen LogP) is 1.84. The maximum atomic E-state index is 12.8. The Balaban J connectivity index is 0.000000429. The van der Waals surface area contributed by atoms with Crippen molar-refractivity contribution in [3.05, 3.63) is 48.0 Å². The molecule has 0 aliphatic carbocycles. The molecule has 192 valence electrons. The molecule has 1 aromatic heterocycles. The van der Waals surface area contributed by atoms with Crippen molar-refractivity contribution in [2.75, 3.05) is 24.6 Å². The van der Waals surface area contributed by atoms with E-state index in [1.165, 1.54) is 0 Å². The Morgan fingerprint density at radius 1 is 1.23 bits per heavy atom. The largest absolute Gasteiger partial charge is 0.490 e. The van der Waals surface area contributed by atoms with Crippen LogP contribution in [0.25, 0.3) is 5.69 Å². The number of carbonyl (C=O) groups is 2. The van der Waals surface area contributed by atoms with Crippen molar-refractivity contribution in [2.24, 2.45) is 11.3 Å². The lowest BCUT2D eigenvalue weighted by molar-refractivity contribution is -0.192. The van der Waals surface area contributed by atoms with Gasteiger partial charge in [0.15, 0.2) is 0 Å². The molecule has 1 atom stereocenters. The van der Waals surface area contributed by atoms with E-state index in [0.29, 0.717) is 25.9 Å². The molecule has 2 aliphatic rings. The highest BCUT2D eigenvalue weighted by atomic mass is 32.2. The second-order valence-electron chi connectivity index (χ2n) is 8.73. The molecule has 2 saturated heterocycles. The molecule has 0 bridgehead atoms. The molecular weight excluding hydrogens is 489 g/mol. The van der Waals surface area contributed by atoms with Crippen molar-refractivity contribution in [2.45, 2.75) is 32.5 Å². The number of aryl methyl sites for hydroxylation is 1. The van der Waals surface area contributed by atoms with E-state index < -0.39 is 22.0 Å². The van der Waals surface area contributed by atoms with Gasteiger partial charge in [-0.2, -0.15) is 13.2 Å². The van der Waals surface area contributed by atoms with Crippen LogP contribution in [0.5, 0.6) is 0 Å². The monoisotopic (exact) mass is 516 g/mol. The number of alkyl halides is 3. The zero-order valence-electron chi connectivity index (χ0n) is 19.0. The normalized spacial score (nSPS) is 20.6. The molecule has 0 saturated carbocycles. The van der Waals surface area contributed by atoms with Crippen LogP contribution in [0.2, 0.25) is 0 Å². The van der Waals surface area contributed by atoms with Crippen LogP contribution < -0.4 is 10.6 Å². The summed E-state index contributed by atoms with van der Waals surface area (Å²) >= 11 is 0. The van der Waals surface area contributed by atoms with Crippen LogP contribution in [0, 0.1) is 18.3 Å². The summed E-state index contributed by atoms with van der Waals surface area (Å²) in [6.07, 6.45) is -0.257. The summed E-state index contributed by atoms with van der Waals surface area (Å²) in [4.78, 5) is 26.0. The molecule has 1 spiro atoms. The summed E-state index contributed by atoms with van der Waals surface area (Å²) in [5.41, 5.74) is 1.84. The Hall–Kier alpha value is -2.93. The Kier molecular flexibility index (Phi) is 7.90. The number of imidazole rings is 1. The summed E-state index contributed by atoms with van der Waals surface area (Å²) in [6, 6.07) is 8.04. The number of aromatic nitrogens is 2. The summed E-state index contributed by atoms with van der Waals surface area (Å²) in [7, 11) is -2.94. The van der Waals surface area contributed by atoms with Gasteiger partial charge in [0, 0.05) is 37.7 Å². The molecule has 9 nitrogen and oxygen atoms in total. The zero-order chi connectivity index (χ0) is 25.9. The Morgan fingerprint density at radius 2 is 1.83 bits per heavy atom. The number of carboxylic acids is 1. The smallest absolute Gasteiger partial charge is 0.475 e. The van der Waals surface area contributed by atoms with Crippen LogP contribution in [0.4, 0.5) is 13.2 Å². The molecule has 2 aromatic rings. The number of benzene rings is 1. The molecule has 3 heterocycles. The number of carboxylic acid groups (broad SMARTS) is 1. The number of sulfone groups is 1. The van der Waals surface area contributed by atoms with Gasteiger partial charge in [0.05, 0.1) is 17.4 Å². The van der Waals surface area contributed by atoms with Crippen LogP contribution in [-0.2, 0) is 26.0 Å². The molecular formula is C22H27F3N4O5S. The van der Waals surface area contributed by atoms with E-state index in [-0.39, 0.29) is 28.7 Å². The van der Waals surface area contributed by atoms with Gasteiger partial charge in [-0.3, -0.25) is 4.79 Å². The number of nitrogens with zero attached hydrogens (tertiary/aromatic N) is 2. The van der Waals surface area contributed by atoms with Gasteiger partial charge in [-0.1, -0.05) is 12.1 Å². The minimum Gasteiger partial charge on any atom is -0.475 e. The Bertz CT molecular complexity index is 1150. The van der Waals surface area contributed by atoms with Crippen molar-refractivity contribution >= 4 is 21.7 Å². The van der Waals surface area contributed by atoms with Crippen molar-refractivity contribution in [1.29, 1.82) is 0 Å². The SMILES string of the molecule is Cc1nccn1-c1ccc(CNC(=O)C2CNCC23CCS(=O)(=O)CC3)cc1.O=C(O)C(F)(F)F. The standard InChI is InChI=1S/C20H26N4O3S.C2HF3O2/c1-15-22-8-9-24(15)17-4-2-16(3-5-17)12-23-19(25)18-13-21-14-20(18)6-10-28(26,27)11-7-20;3-2(4,5)1(6)7/h2-5,8-9,18,21H,6-7,10-14H2,1H3,(H,23,25);(H,6,7). The van der Waals surface area contributed by atoms with Gasteiger partial charge in [0.2, 0.25) is 5.91 Å². The van der Waals surface area contributed by atoms with E-state index in [4.69, 9.17) is 9.90 Å². The lowest BCUT2D eigenvalue weighted by Gasteiger charge is -2.37. The fraction of sp³-hybridized carbons (Fsp3) is 0.500. The van der Waals surface area contributed by atoms with Gasteiger partial charge >= 0.3 is 12.1 Å². The number of hydrogen-bond donors (Lipinski definition) is 3. The third kappa shape index (κ3) is 6.60. The van der Waals surface area contributed by atoms with Gasteiger partial charge in [-0.05, 0) is 42.9 Å². The highest BCUT2D eigenvalue weighted by Crippen LogP contribution is 2.42. The van der Waals surface area contributed by atoms with E-state index in [2.05, 4.69) is 15.6 Å². The molecule has 3 N–H and O–H groups in total. The van der Waals surface area contributed by atoms with Gasteiger partial charge in [-0.25, -0.2) is 18.2 Å². The number of hydrogen-bond acceptors (Lipinski definition) is 6. The summed E-state index contributed by atoms with van der Waals surface area (Å²) < 4.78 is 57.3. The van der Waals surface area contributed by atoms with Crippen LogP contribution in [0.15, 0.2) is 36.7 Å². The average Bonchev–Trinajstić information content (AvgIpc) is 3.41. The first-order valence-corrected chi connectivity index (χ1v) is 12.7. The first-order chi connectivity index (χ1) is 16.3. The zero-order valence-corrected chi connectivity index (χ0v) is 19.8. The van der Waals surface area contributed by atoms with Gasteiger partial charge in [0.25, 0.3) is 0 Å². The van der Waals surface area contributed by atoms with Crippen LogP contribution >= 0.6 is 0 Å². The van der Waals surface area contributed by atoms with E-state index in [9.17, 15) is 26.4 Å². The third-order valence-corrected chi connectivity index (χ3v) is 8.10. The molecule has 35 heavy (non-hydrogen) atoms. The van der Waals surface area contributed by atoms with Crippen LogP contribution in [0.1, 0.15) is 24.2 Å². The number of amides is 1. The highest BCUT2D eigenvalue weighted by molar-refractivity contribution is 7.91. The maximum absolute atomic E-state index is 12.8. The molecule has 1 unspecified atom stereocenters. The minimum atomic E-state index is -5.08. The fourth-order valence-corrected chi connectivity index (χ4v) is 6.02. The number of halogens is 3. The van der Waals surface area contributed by atoms with Crippen molar-refractivity contribution < 1.29 is 36.3 Å². The van der Waals surface area contributed by atoms with E-state index in [1.807, 2.05) is 42.0 Å². The summed E-state index contributed by atoms with van der Waals surface area (Å²) in [6.45, 7) is 3.76.